The Morgan fingerprint density at radius 2 is 2.19 bits per heavy atom. The number of aryl methyl sites for hydroxylation is 1. The molecule has 4 rings (SSSR count). The summed E-state index contributed by atoms with van der Waals surface area (Å²) in [4.78, 5) is 54.4. The molecule has 2 aliphatic heterocycles. The highest BCUT2D eigenvalue weighted by Crippen LogP contribution is 2.41. The van der Waals surface area contributed by atoms with Gasteiger partial charge in [0, 0.05) is 23.9 Å². The number of amides is 3. The first-order chi connectivity index (χ1) is 17.3. The Hall–Kier alpha value is -2.89. The van der Waals surface area contributed by atoms with Crippen molar-refractivity contribution in [1.29, 1.82) is 0 Å². The first kappa shape index (κ1) is 26.2. The number of nitrogens with one attached hydrogen (secondary N) is 2. The molecule has 0 radical (unpaired) electrons. The Labute approximate surface area is 221 Å². The summed E-state index contributed by atoms with van der Waals surface area (Å²) in [6.45, 7) is 1.93. The van der Waals surface area contributed by atoms with Crippen LogP contribution in [0.15, 0.2) is 27.2 Å². The Balaban J connectivity index is 1.49. The van der Waals surface area contributed by atoms with Gasteiger partial charge in [-0.2, -0.15) is 0 Å². The molecule has 17 heteroatoms. The summed E-state index contributed by atoms with van der Waals surface area (Å²) in [6, 6.07) is -0.879. The second-order valence-electron chi connectivity index (χ2n) is 7.28. The predicted molar refractivity (Wildman–Crippen MR) is 137 cm³/mol. The number of β-lactam (4-membered cyclic amide) rings is 1. The highest BCUT2D eigenvalue weighted by molar-refractivity contribution is 8.02. The van der Waals surface area contributed by atoms with Crippen LogP contribution in [0.2, 0.25) is 0 Å². The third-order valence-corrected chi connectivity index (χ3v) is 9.01. The molecule has 0 spiro atoms. The van der Waals surface area contributed by atoms with E-state index in [1.807, 2.05) is 6.92 Å². The normalized spacial score (nSPS) is 19.6. The van der Waals surface area contributed by atoms with E-state index in [0.29, 0.717) is 45.2 Å². The van der Waals surface area contributed by atoms with Gasteiger partial charge in [0.1, 0.15) is 17.1 Å². The highest BCUT2D eigenvalue weighted by atomic mass is 32.2. The van der Waals surface area contributed by atoms with E-state index in [1.54, 1.807) is 17.8 Å². The van der Waals surface area contributed by atoms with Crippen LogP contribution in [0.5, 0.6) is 0 Å². The molecule has 1 unspecified atom stereocenters. The van der Waals surface area contributed by atoms with Crippen molar-refractivity contribution in [3.63, 3.8) is 0 Å². The van der Waals surface area contributed by atoms with Crippen LogP contribution in [0.25, 0.3) is 5.57 Å². The van der Waals surface area contributed by atoms with Gasteiger partial charge in [0.25, 0.3) is 11.8 Å². The minimum atomic E-state index is -1.21. The Kier molecular flexibility index (Phi) is 8.32. The van der Waals surface area contributed by atoms with Crippen LogP contribution in [-0.2, 0) is 26.2 Å². The third kappa shape index (κ3) is 5.28. The second-order valence-corrected chi connectivity index (χ2v) is 11.3. The lowest BCUT2D eigenvalue weighted by Crippen LogP contribution is -2.70. The van der Waals surface area contributed by atoms with Crippen molar-refractivity contribution in [2.45, 2.75) is 23.5 Å². The van der Waals surface area contributed by atoms with Crippen molar-refractivity contribution >= 4 is 81.5 Å². The molecule has 2 aromatic heterocycles. The van der Waals surface area contributed by atoms with E-state index in [-0.39, 0.29) is 11.3 Å². The van der Waals surface area contributed by atoms with Crippen LogP contribution in [-0.4, -0.2) is 88.1 Å². The van der Waals surface area contributed by atoms with Crippen LogP contribution in [0.1, 0.15) is 12.6 Å². The monoisotopic (exact) mass is 568 g/mol. The smallest absolute Gasteiger partial charge is 0.352 e. The van der Waals surface area contributed by atoms with Crippen LogP contribution >= 0.6 is 46.6 Å². The molecule has 0 aliphatic carbocycles. The molecule has 190 valence electrons. The zero-order valence-corrected chi connectivity index (χ0v) is 22.2. The maximum Gasteiger partial charge on any atom is 0.352 e. The summed E-state index contributed by atoms with van der Waals surface area (Å²) in [6.07, 6.45) is 0.499. The van der Waals surface area contributed by atoms with E-state index in [9.17, 15) is 24.3 Å². The number of carboxylic acid groups (broad SMARTS) is 1. The minimum absolute atomic E-state index is 0.0711. The maximum atomic E-state index is 13.1. The van der Waals surface area contributed by atoms with E-state index in [2.05, 4.69) is 31.1 Å². The number of aliphatic carboxylic acids is 1. The molecule has 0 saturated carbocycles. The molecule has 2 aromatic rings. The molecular weight excluding hydrogens is 549 g/mol. The summed E-state index contributed by atoms with van der Waals surface area (Å²) in [5.41, 5.74) is 1.13. The van der Waals surface area contributed by atoms with Crippen molar-refractivity contribution in [3.8, 4) is 0 Å². The van der Waals surface area contributed by atoms with E-state index < -0.39 is 29.2 Å². The molecule has 0 bridgehead atoms. The standard InChI is InChI=1S/C19H20N8O5S4/c1-3-33-6-10(11-7-35-18(21-11)20-8-28)14(29)22-12-15(30)27-13(17(31)32)9(4-34-16(12)27)5-36-19-23-24-25-26(19)2/h6-8,12,16H,3-5H2,1-2H3,(H,22,29)(H,31,32)(H,20,21,28)/t12?,16-/m0/s1. The largest absolute Gasteiger partial charge is 0.477 e. The summed E-state index contributed by atoms with van der Waals surface area (Å²) >= 11 is 5.23. The number of hydrogen-bond acceptors (Lipinski definition) is 12. The fourth-order valence-electron chi connectivity index (χ4n) is 3.42. The fourth-order valence-corrected chi connectivity index (χ4v) is 6.99. The summed E-state index contributed by atoms with van der Waals surface area (Å²) in [5, 5.41) is 29.9. The molecule has 0 aromatic carbocycles. The van der Waals surface area contributed by atoms with Gasteiger partial charge in [-0.25, -0.2) is 14.5 Å². The van der Waals surface area contributed by atoms with Gasteiger partial charge in [0.2, 0.25) is 11.6 Å². The number of thiazole rings is 1. The average molecular weight is 569 g/mol. The van der Waals surface area contributed by atoms with Gasteiger partial charge in [-0.15, -0.1) is 40.0 Å². The number of tetrazole rings is 1. The number of hydrogen-bond donors (Lipinski definition) is 3. The maximum absolute atomic E-state index is 13.1. The predicted octanol–water partition coefficient (Wildman–Crippen LogP) is 0.860. The molecular formula is C19H20N8O5S4. The zero-order valence-electron chi connectivity index (χ0n) is 18.9. The Bertz CT molecular complexity index is 1260. The number of thioether (sulfide) groups is 3. The van der Waals surface area contributed by atoms with Crippen LogP contribution in [0.4, 0.5) is 5.13 Å². The molecule has 36 heavy (non-hydrogen) atoms. The number of nitrogens with zero attached hydrogens (tertiary/aromatic N) is 6. The van der Waals surface area contributed by atoms with Gasteiger partial charge in [0.05, 0.1) is 11.3 Å². The van der Waals surface area contributed by atoms with Gasteiger partial charge in [0.15, 0.2) is 5.13 Å². The Morgan fingerprint density at radius 1 is 1.39 bits per heavy atom. The molecule has 3 amide bonds. The van der Waals surface area contributed by atoms with E-state index in [1.165, 1.54) is 56.2 Å². The molecule has 3 N–H and O–H groups in total. The van der Waals surface area contributed by atoms with E-state index >= 15 is 0 Å². The molecule has 4 heterocycles. The fraction of sp³-hybridized carbons (Fsp3) is 0.368. The van der Waals surface area contributed by atoms with E-state index in [0.717, 1.165) is 0 Å². The molecule has 2 aliphatic rings. The van der Waals surface area contributed by atoms with Crippen molar-refractivity contribution in [1.82, 2.24) is 35.4 Å². The van der Waals surface area contributed by atoms with E-state index in [4.69, 9.17) is 0 Å². The van der Waals surface area contributed by atoms with Crippen LogP contribution < -0.4 is 10.6 Å². The summed E-state index contributed by atoms with van der Waals surface area (Å²) in [5.74, 6) is -0.810. The van der Waals surface area contributed by atoms with Crippen molar-refractivity contribution < 1.29 is 24.3 Å². The first-order valence-corrected chi connectivity index (χ1v) is 14.4. The van der Waals surface area contributed by atoms with Crippen molar-refractivity contribution in [2.75, 3.05) is 22.6 Å². The number of fused-ring (bicyclic) bond motifs is 1. The Morgan fingerprint density at radius 3 is 2.86 bits per heavy atom. The van der Waals surface area contributed by atoms with Crippen LogP contribution in [0, 0.1) is 0 Å². The number of carbonyl (C=O) groups is 4. The van der Waals surface area contributed by atoms with Crippen molar-refractivity contribution in [3.05, 3.63) is 27.8 Å². The number of carbonyl (C=O) groups excluding carboxylic acids is 3. The topological polar surface area (TPSA) is 172 Å². The van der Waals surface area contributed by atoms with Gasteiger partial charge in [-0.1, -0.05) is 18.7 Å². The molecule has 1 saturated heterocycles. The van der Waals surface area contributed by atoms with Crippen molar-refractivity contribution in [2.24, 2.45) is 7.05 Å². The number of carboxylic acids is 1. The second kappa shape index (κ2) is 11.4. The third-order valence-electron chi connectivity index (χ3n) is 5.07. The highest BCUT2D eigenvalue weighted by Gasteiger charge is 2.54. The summed E-state index contributed by atoms with van der Waals surface area (Å²) in [7, 11) is 1.68. The lowest BCUT2D eigenvalue weighted by molar-refractivity contribution is -0.150. The van der Waals surface area contributed by atoms with Gasteiger partial charge < -0.3 is 15.7 Å². The SMILES string of the molecule is CCSC=C(C(=O)NC1C(=O)N2C(C(=O)O)=C(CSc3nnnn3C)CS[C@@H]12)c1csc(NC=O)n1. The lowest BCUT2D eigenvalue weighted by Gasteiger charge is -2.49. The number of aromatic nitrogens is 5. The molecule has 2 atom stereocenters. The lowest BCUT2D eigenvalue weighted by atomic mass is 10.0. The van der Waals surface area contributed by atoms with Gasteiger partial charge in [-0.3, -0.25) is 19.3 Å². The first-order valence-electron chi connectivity index (χ1n) is 10.4. The van der Waals surface area contributed by atoms with Gasteiger partial charge in [-0.05, 0) is 27.2 Å². The minimum Gasteiger partial charge on any atom is -0.477 e. The van der Waals surface area contributed by atoms with Gasteiger partial charge >= 0.3 is 5.97 Å². The number of rotatable bonds is 11. The zero-order chi connectivity index (χ0) is 25.8. The quantitative estimate of drug-likeness (QED) is 0.151. The molecule has 13 nitrogen and oxygen atoms in total. The summed E-state index contributed by atoms with van der Waals surface area (Å²) < 4.78 is 1.48. The van der Waals surface area contributed by atoms with Crippen LogP contribution in [0.3, 0.4) is 0 Å². The average Bonchev–Trinajstić information content (AvgIpc) is 3.49. The molecule has 1 fully saturated rings. The number of anilines is 1.